The van der Waals surface area contributed by atoms with Gasteiger partial charge in [-0.2, -0.15) is 0 Å². The van der Waals surface area contributed by atoms with Gasteiger partial charge in [-0.25, -0.2) is 0 Å². The fourth-order valence-electron chi connectivity index (χ4n) is 1.09. The first kappa shape index (κ1) is 10.3. The number of primary amides is 1. The Balaban J connectivity index is 2.93. The molecule has 0 bridgehead atoms. The number of hydrogen-bond acceptors (Lipinski definition) is 3. The van der Waals surface area contributed by atoms with Crippen LogP contribution < -0.4 is 17.0 Å². The van der Waals surface area contributed by atoms with Gasteiger partial charge in [-0.3, -0.25) is 9.59 Å². The van der Waals surface area contributed by atoms with Crippen LogP contribution in [-0.4, -0.2) is 10.5 Å². The minimum atomic E-state index is -0.434. The fourth-order valence-corrected chi connectivity index (χ4v) is 1.09. The van der Waals surface area contributed by atoms with Crippen molar-refractivity contribution in [3.05, 3.63) is 28.2 Å². The molecule has 0 aliphatic rings. The van der Waals surface area contributed by atoms with Crippen molar-refractivity contribution in [1.29, 1.82) is 0 Å². The molecule has 0 radical (unpaired) electrons. The van der Waals surface area contributed by atoms with E-state index in [1.165, 1.54) is 16.8 Å². The molecule has 4 N–H and O–H groups in total. The summed E-state index contributed by atoms with van der Waals surface area (Å²) >= 11 is 0. The number of anilines is 1. The van der Waals surface area contributed by atoms with Gasteiger partial charge in [0.25, 0.3) is 5.56 Å². The summed E-state index contributed by atoms with van der Waals surface area (Å²) in [7, 11) is 0. The van der Waals surface area contributed by atoms with Crippen LogP contribution in [0.15, 0.2) is 17.1 Å². The summed E-state index contributed by atoms with van der Waals surface area (Å²) in [6, 6.07) is 1.44. The highest BCUT2D eigenvalue weighted by molar-refractivity contribution is 5.73. The van der Waals surface area contributed by atoms with Gasteiger partial charge < -0.3 is 16.0 Å². The zero-order valence-electron chi connectivity index (χ0n) is 7.99. The lowest BCUT2D eigenvalue weighted by molar-refractivity contribution is -0.118. The van der Waals surface area contributed by atoms with Crippen molar-refractivity contribution >= 4 is 11.6 Å². The molecule has 0 aromatic carbocycles. The molecule has 1 heterocycles. The van der Waals surface area contributed by atoms with E-state index in [1.807, 2.05) is 0 Å². The van der Waals surface area contributed by atoms with Crippen molar-refractivity contribution < 1.29 is 4.79 Å². The minimum absolute atomic E-state index is 0.141. The summed E-state index contributed by atoms with van der Waals surface area (Å²) in [6.45, 7) is 2.04. The molecular formula is C9H13N3O2. The highest BCUT2D eigenvalue weighted by atomic mass is 16.1. The lowest BCUT2D eigenvalue weighted by Gasteiger charge is -2.06. The SMILES string of the molecule is Cc1cc(=O)n(CCC(N)=O)cc1N. The summed E-state index contributed by atoms with van der Waals surface area (Å²) < 4.78 is 1.38. The van der Waals surface area contributed by atoms with Gasteiger partial charge in [0.2, 0.25) is 5.91 Å². The molecule has 14 heavy (non-hydrogen) atoms. The highest BCUT2D eigenvalue weighted by Crippen LogP contribution is 2.05. The van der Waals surface area contributed by atoms with Crippen LogP contribution >= 0.6 is 0 Å². The lowest BCUT2D eigenvalue weighted by Crippen LogP contribution is -2.23. The number of aromatic nitrogens is 1. The van der Waals surface area contributed by atoms with Gasteiger partial charge >= 0.3 is 0 Å². The molecule has 0 atom stereocenters. The number of hydrogen-bond donors (Lipinski definition) is 2. The van der Waals surface area contributed by atoms with Gasteiger partial charge in [-0.1, -0.05) is 0 Å². The number of pyridine rings is 1. The van der Waals surface area contributed by atoms with Gasteiger partial charge in [-0.05, 0) is 12.5 Å². The molecule has 1 aromatic rings. The van der Waals surface area contributed by atoms with E-state index in [1.54, 1.807) is 6.92 Å². The molecule has 1 aromatic heterocycles. The summed E-state index contributed by atoms with van der Waals surface area (Å²) in [5, 5.41) is 0. The van der Waals surface area contributed by atoms with Crippen LogP contribution in [0.2, 0.25) is 0 Å². The molecule has 0 aliphatic carbocycles. The van der Waals surface area contributed by atoms with Crippen LogP contribution in [0, 0.1) is 6.92 Å². The average Bonchev–Trinajstić information content (AvgIpc) is 2.09. The molecular weight excluding hydrogens is 182 g/mol. The van der Waals surface area contributed by atoms with Crippen molar-refractivity contribution in [2.24, 2.45) is 5.73 Å². The van der Waals surface area contributed by atoms with E-state index in [9.17, 15) is 9.59 Å². The number of aryl methyl sites for hydroxylation is 2. The fraction of sp³-hybridized carbons (Fsp3) is 0.333. The zero-order valence-corrected chi connectivity index (χ0v) is 7.99. The minimum Gasteiger partial charge on any atom is -0.397 e. The Kier molecular flexibility index (Phi) is 2.91. The van der Waals surface area contributed by atoms with E-state index < -0.39 is 5.91 Å². The molecule has 76 valence electrons. The van der Waals surface area contributed by atoms with E-state index in [2.05, 4.69) is 0 Å². The third-order valence-electron chi connectivity index (χ3n) is 1.97. The Hall–Kier alpha value is -1.78. The average molecular weight is 195 g/mol. The Bertz CT molecular complexity index is 409. The van der Waals surface area contributed by atoms with Gasteiger partial charge in [0.1, 0.15) is 0 Å². The third-order valence-corrected chi connectivity index (χ3v) is 1.97. The highest BCUT2D eigenvalue weighted by Gasteiger charge is 2.01. The van der Waals surface area contributed by atoms with E-state index in [-0.39, 0.29) is 18.5 Å². The topological polar surface area (TPSA) is 91.1 Å². The maximum Gasteiger partial charge on any atom is 0.250 e. The first-order valence-corrected chi connectivity index (χ1v) is 4.25. The Morgan fingerprint density at radius 2 is 2.21 bits per heavy atom. The molecule has 1 amide bonds. The van der Waals surface area contributed by atoms with Crippen molar-refractivity contribution in [1.82, 2.24) is 4.57 Å². The monoisotopic (exact) mass is 195 g/mol. The molecule has 5 nitrogen and oxygen atoms in total. The van der Waals surface area contributed by atoms with Crippen LogP contribution in [0.5, 0.6) is 0 Å². The lowest BCUT2D eigenvalue weighted by atomic mass is 10.2. The third kappa shape index (κ3) is 2.35. The molecule has 0 saturated heterocycles. The molecule has 1 rings (SSSR count). The molecule has 5 heteroatoms. The van der Waals surface area contributed by atoms with Gasteiger partial charge in [0, 0.05) is 25.2 Å². The van der Waals surface area contributed by atoms with E-state index in [0.29, 0.717) is 5.69 Å². The van der Waals surface area contributed by atoms with Crippen LogP contribution in [-0.2, 0) is 11.3 Å². The number of nitrogen functional groups attached to an aromatic ring is 1. The predicted molar refractivity (Wildman–Crippen MR) is 53.7 cm³/mol. The quantitative estimate of drug-likeness (QED) is 0.688. The predicted octanol–water partition coefficient (Wildman–Crippen LogP) is -0.386. The van der Waals surface area contributed by atoms with E-state index in [0.717, 1.165) is 5.56 Å². The molecule has 0 unspecified atom stereocenters. The Morgan fingerprint density at radius 1 is 1.57 bits per heavy atom. The van der Waals surface area contributed by atoms with Gasteiger partial charge in [-0.15, -0.1) is 0 Å². The molecule has 0 saturated carbocycles. The van der Waals surface area contributed by atoms with Crippen LogP contribution in [0.4, 0.5) is 5.69 Å². The van der Waals surface area contributed by atoms with Gasteiger partial charge in [0.15, 0.2) is 0 Å². The summed E-state index contributed by atoms with van der Waals surface area (Å²) in [4.78, 5) is 21.9. The van der Waals surface area contributed by atoms with Crippen LogP contribution in [0.25, 0.3) is 0 Å². The van der Waals surface area contributed by atoms with Crippen molar-refractivity contribution in [2.75, 3.05) is 5.73 Å². The van der Waals surface area contributed by atoms with Gasteiger partial charge in [0.05, 0.1) is 5.69 Å². The first-order chi connectivity index (χ1) is 6.50. The largest absolute Gasteiger partial charge is 0.397 e. The number of carbonyl (C=O) groups excluding carboxylic acids is 1. The summed E-state index contributed by atoms with van der Waals surface area (Å²) in [5.74, 6) is -0.434. The molecule has 0 spiro atoms. The maximum atomic E-state index is 11.4. The normalized spacial score (nSPS) is 10.1. The van der Waals surface area contributed by atoms with E-state index >= 15 is 0 Å². The number of rotatable bonds is 3. The van der Waals surface area contributed by atoms with Crippen LogP contribution in [0.1, 0.15) is 12.0 Å². The van der Waals surface area contributed by atoms with Crippen molar-refractivity contribution in [2.45, 2.75) is 19.9 Å². The Labute approximate surface area is 81.3 Å². The molecule has 0 fully saturated rings. The summed E-state index contributed by atoms with van der Waals surface area (Å²) in [6.07, 6.45) is 1.67. The summed E-state index contributed by atoms with van der Waals surface area (Å²) in [5.41, 5.74) is 11.7. The second-order valence-corrected chi connectivity index (χ2v) is 3.16. The standard InChI is InChI=1S/C9H13N3O2/c1-6-4-9(14)12(5-7(6)10)3-2-8(11)13/h4-5H,2-3,10H2,1H3,(H2,11,13). The van der Waals surface area contributed by atoms with E-state index in [4.69, 9.17) is 11.5 Å². The number of carbonyl (C=O) groups is 1. The number of amides is 1. The second kappa shape index (κ2) is 3.95. The zero-order chi connectivity index (χ0) is 10.7. The van der Waals surface area contributed by atoms with Crippen molar-refractivity contribution in [3.63, 3.8) is 0 Å². The maximum absolute atomic E-state index is 11.4. The first-order valence-electron chi connectivity index (χ1n) is 4.25. The smallest absolute Gasteiger partial charge is 0.250 e. The Morgan fingerprint density at radius 3 is 2.79 bits per heavy atom. The number of nitrogens with two attached hydrogens (primary N) is 2. The second-order valence-electron chi connectivity index (χ2n) is 3.16. The number of nitrogens with zero attached hydrogens (tertiary/aromatic N) is 1. The van der Waals surface area contributed by atoms with Crippen molar-refractivity contribution in [3.8, 4) is 0 Å². The molecule has 0 aliphatic heterocycles. The van der Waals surface area contributed by atoms with Crippen LogP contribution in [0.3, 0.4) is 0 Å².